The highest BCUT2D eigenvalue weighted by molar-refractivity contribution is 5.30. The van der Waals surface area contributed by atoms with Crippen LogP contribution in [0.3, 0.4) is 0 Å². The summed E-state index contributed by atoms with van der Waals surface area (Å²) in [6.45, 7) is 22.4. The second-order valence-corrected chi connectivity index (χ2v) is 10.7. The molecular weight excluding hydrogens is 360 g/mol. The van der Waals surface area contributed by atoms with Crippen LogP contribution < -0.4 is 0 Å². The zero-order valence-electron chi connectivity index (χ0n) is 20.8. The van der Waals surface area contributed by atoms with Crippen molar-refractivity contribution in [2.24, 2.45) is 11.8 Å². The fourth-order valence-corrected chi connectivity index (χ4v) is 3.08. The molecule has 0 amide bonds. The molecular formula is C30H50. The van der Waals surface area contributed by atoms with E-state index >= 15 is 0 Å². The zero-order chi connectivity index (χ0) is 22.2. The molecule has 3 rings (SSSR count). The van der Waals surface area contributed by atoms with Crippen LogP contribution in [-0.2, 0) is 5.41 Å². The summed E-state index contributed by atoms with van der Waals surface area (Å²) in [6.07, 6.45) is 3.00. The Kier molecular flexibility index (Phi) is 12.3. The van der Waals surface area contributed by atoms with E-state index in [2.05, 4.69) is 118 Å². The van der Waals surface area contributed by atoms with Crippen LogP contribution in [0, 0.1) is 18.8 Å². The second-order valence-electron chi connectivity index (χ2n) is 10.7. The number of rotatable bonds is 3. The van der Waals surface area contributed by atoms with Gasteiger partial charge >= 0.3 is 0 Å². The maximum Gasteiger partial charge on any atom is -0.0132 e. The third-order valence-electron chi connectivity index (χ3n) is 5.73. The number of benzene rings is 2. The minimum Gasteiger partial charge on any atom is -0.0776 e. The van der Waals surface area contributed by atoms with Gasteiger partial charge in [-0.3, -0.25) is 0 Å². The van der Waals surface area contributed by atoms with Gasteiger partial charge in [-0.25, -0.2) is 0 Å². The Bertz CT molecular complexity index is 692. The molecule has 1 aliphatic rings. The van der Waals surface area contributed by atoms with Crippen LogP contribution in [0.25, 0.3) is 0 Å². The van der Waals surface area contributed by atoms with Crippen LogP contribution in [0.15, 0.2) is 48.5 Å². The minimum atomic E-state index is 0. The highest BCUT2D eigenvalue weighted by atomic mass is 14.3. The van der Waals surface area contributed by atoms with Crippen molar-refractivity contribution in [2.45, 2.75) is 107 Å². The minimum absolute atomic E-state index is 0. The van der Waals surface area contributed by atoms with Crippen molar-refractivity contribution in [1.82, 2.24) is 0 Å². The zero-order valence-corrected chi connectivity index (χ0v) is 20.8. The molecule has 0 aromatic heterocycles. The first-order chi connectivity index (χ1) is 13.4. The fraction of sp³-hybridized carbons (Fsp3) is 0.600. The van der Waals surface area contributed by atoms with Crippen molar-refractivity contribution < 1.29 is 0 Å². The summed E-state index contributed by atoms with van der Waals surface area (Å²) in [7, 11) is 0. The molecule has 0 aliphatic heterocycles. The first-order valence-corrected chi connectivity index (χ1v) is 11.6. The van der Waals surface area contributed by atoms with E-state index in [1.165, 1.54) is 35.1 Å². The lowest BCUT2D eigenvalue weighted by atomic mass is 9.85. The maximum atomic E-state index is 2.32. The van der Waals surface area contributed by atoms with Gasteiger partial charge in [0.2, 0.25) is 0 Å². The number of hydrogen-bond acceptors (Lipinski definition) is 0. The van der Waals surface area contributed by atoms with Gasteiger partial charge in [-0.2, -0.15) is 0 Å². The molecule has 0 bridgehead atoms. The molecule has 0 nitrogen and oxygen atoms in total. The molecule has 0 radical (unpaired) electrons. The van der Waals surface area contributed by atoms with Gasteiger partial charge in [0.25, 0.3) is 0 Å². The lowest BCUT2D eigenvalue weighted by Crippen LogP contribution is -2.11. The average molecular weight is 411 g/mol. The molecule has 30 heavy (non-hydrogen) atoms. The van der Waals surface area contributed by atoms with Gasteiger partial charge < -0.3 is 0 Å². The Morgan fingerprint density at radius 1 is 0.733 bits per heavy atom. The molecule has 1 aliphatic carbocycles. The molecule has 2 aromatic rings. The van der Waals surface area contributed by atoms with Crippen LogP contribution in [-0.4, -0.2) is 0 Å². The van der Waals surface area contributed by atoms with Gasteiger partial charge in [0.1, 0.15) is 0 Å². The number of hydrogen-bond donors (Lipinski definition) is 0. The van der Waals surface area contributed by atoms with E-state index in [9.17, 15) is 0 Å². The summed E-state index contributed by atoms with van der Waals surface area (Å²) in [5, 5.41) is 0. The van der Waals surface area contributed by atoms with Gasteiger partial charge in [0, 0.05) is 0 Å². The van der Waals surface area contributed by atoms with Crippen molar-refractivity contribution in [1.29, 1.82) is 0 Å². The summed E-state index contributed by atoms with van der Waals surface area (Å²) < 4.78 is 0. The van der Waals surface area contributed by atoms with E-state index in [-0.39, 0.29) is 12.8 Å². The fourth-order valence-electron chi connectivity index (χ4n) is 3.08. The van der Waals surface area contributed by atoms with Crippen LogP contribution in [0.4, 0.5) is 0 Å². The summed E-state index contributed by atoms with van der Waals surface area (Å²) in [5.41, 5.74) is 5.89. The van der Waals surface area contributed by atoms with Crippen molar-refractivity contribution >= 4 is 0 Å². The monoisotopic (exact) mass is 410 g/mol. The third kappa shape index (κ3) is 11.0. The first-order valence-electron chi connectivity index (χ1n) is 11.6. The van der Waals surface area contributed by atoms with Gasteiger partial charge in [0.15, 0.2) is 0 Å². The Morgan fingerprint density at radius 2 is 1.23 bits per heavy atom. The summed E-state index contributed by atoms with van der Waals surface area (Å²) in [4.78, 5) is 0. The molecule has 1 saturated carbocycles. The first kappa shape index (κ1) is 28.4. The van der Waals surface area contributed by atoms with Crippen LogP contribution >= 0.6 is 0 Å². The predicted molar refractivity (Wildman–Crippen MR) is 139 cm³/mol. The Hall–Kier alpha value is -1.56. The smallest absolute Gasteiger partial charge is 0.0132 e. The van der Waals surface area contributed by atoms with Crippen LogP contribution in [0.5, 0.6) is 0 Å². The van der Waals surface area contributed by atoms with Gasteiger partial charge in [-0.1, -0.05) is 124 Å². The SMILES string of the molecule is C.CC(C)C1CC1.CC(C)c1cccc(C(C)(C)C)c1.Cc1ccc(C(C)C)cc1. The van der Waals surface area contributed by atoms with Crippen LogP contribution in [0.2, 0.25) is 0 Å². The summed E-state index contributed by atoms with van der Waals surface area (Å²) in [5.74, 6) is 3.35. The molecule has 0 heterocycles. The quantitative estimate of drug-likeness (QED) is 0.472. The normalized spacial score (nSPS) is 13.2. The van der Waals surface area contributed by atoms with E-state index in [0.29, 0.717) is 11.8 Å². The van der Waals surface area contributed by atoms with Crippen molar-refractivity contribution in [3.63, 3.8) is 0 Å². The molecule has 0 N–H and O–H groups in total. The van der Waals surface area contributed by atoms with E-state index in [0.717, 1.165) is 11.8 Å². The van der Waals surface area contributed by atoms with E-state index in [1.54, 1.807) is 0 Å². The Labute approximate surface area is 189 Å². The molecule has 2 aromatic carbocycles. The maximum absolute atomic E-state index is 2.32. The third-order valence-corrected chi connectivity index (χ3v) is 5.73. The number of aryl methyl sites for hydroxylation is 1. The van der Waals surface area contributed by atoms with E-state index in [4.69, 9.17) is 0 Å². The molecule has 0 atom stereocenters. The predicted octanol–water partition coefficient (Wildman–Crippen LogP) is 9.91. The Morgan fingerprint density at radius 3 is 1.57 bits per heavy atom. The van der Waals surface area contributed by atoms with Crippen molar-refractivity contribution in [2.75, 3.05) is 0 Å². The largest absolute Gasteiger partial charge is 0.0776 e. The highest BCUT2D eigenvalue weighted by Gasteiger charge is 2.23. The summed E-state index contributed by atoms with van der Waals surface area (Å²) >= 11 is 0. The molecule has 170 valence electrons. The van der Waals surface area contributed by atoms with E-state index < -0.39 is 0 Å². The molecule has 0 heteroatoms. The highest BCUT2D eigenvalue weighted by Crippen LogP contribution is 2.35. The summed E-state index contributed by atoms with van der Waals surface area (Å²) in [6, 6.07) is 17.6. The van der Waals surface area contributed by atoms with Gasteiger partial charge in [-0.05, 0) is 65.5 Å². The van der Waals surface area contributed by atoms with Crippen molar-refractivity contribution in [3.8, 4) is 0 Å². The van der Waals surface area contributed by atoms with Gasteiger partial charge in [0.05, 0.1) is 0 Å². The Balaban J connectivity index is 0.000000439. The topological polar surface area (TPSA) is 0 Å². The van der Waals surface area contributed by atoms with Gasteiger partial charge in [-0.15, -0.1) is 0 Å². The standard InChI is InChI=1S/C13H20.C10H14.C6H12.CH4/c1-10(2)11-7-6-8-12(9-11)13(3,4)5;1-8(2)10-6-4-9(3)5-7-10;1-5(2)6-3-4-6;/h6-10H,1-5H3;4-8H,1-3H3;5-6H,3-4H2,1-2H3;1H4. The molecule has 0 unspecified atom stereocenters. The van der Waals surface area contributed by atoms with Crippen molar-refractivity contribution in [3.05, 3.63) is 70.8 Å². The van der Waals surface area contributed by atoms with E-state index in [1.807, 2.05) is 0 Å². The molecule has 0 saturated heterocycles. The second kappa shape index (κ2) is 13.0. The molecule has 0 spiro atoms. The molecule has 1 fully saturated rings. The average Bonchev–Trinajstić information content (AvgIpc) is 3.48. The van der Waals surface area contributed by atoms with Crippen LogP contribution in [0.1, 0.15) is 117 Å². The lowest BCUT2D eigenvalue weighted by molar-refractivity contribution is 0.563. The lowest BCUT2D eigenvalue weighted by Gasteiger charge is -2.20.